The summed E-state index contributed by atoms with van der Waals surface area (Å²) in [4.78, 5) is 21.4. The fraction of sp³-hybridized carbons (Fsp3) is 0.188. The molecule has 8 nitrogen and oxygen atoms in total. The number of aromatic nitrogens is 4. The number of sulfone groups is 1. The zero-order valence-corrected chi connectivity index (χ0v) is 23.7. The maximum atomic E-state index is 13.6. The van der Waals surface area contributed by atoms with E-state index < -0.39 is 15.8 Å². The number of nitrogens with one attached hydrogen (secondary N) is 1. The SMILES string of the molecule is Cc1cc(NC(=O)c2cccc(Cc3c(-c4ccccn4)nn(C4CCS(=O)(=O)C4)c3-c3ccccc3)c2)cnc1F. The molecule has 1 atom stereocenters. The number of halogens is 1. The summed E-state index contributed by atoms with van der Waals surface area (Å²) in [5.74, 6) is -0.767. The highest BCUT2D eigenvalue weighted by molar-refractivity contribution is 7.91. The van der Waals surface area contributed by atoms with E-state index in [1.807, 2.05) is 71.4 Å². The molecule has 3 aromatic heterocycles. The van der Waals surface area contributed by atoms with Gasteiger partial charge in [0.1, 0.15) is 5.69 Å². The molecule has 0 bridgehead atoms. The minimum Gasteiger partial charge on any atom is -0.321 e. The van der Waals surface area contributed by atoms with Crippen LogP contribution in [0, 0.1) is 12.9 Å². The van der Waals surface area contributed by atoms with E-state index in [1.54, 1.807) is 19.2 Å². The normalized spacial score (nSPS) is 15.9. The molecule has 4 heterocycles. The number of hydrogen-bond acceptors (Lipinski definition) is 6. The number of carbonyl (C=O) groups is 1. The lowest BCUT2D eigenvalue weighted by Crippen LogP contribution is -2.14. The second kappa shape index (κ2) is 11.3. The van der Waals surface area contributed by atoms with Gasteiger partial charge in [0, 0.05) is 34.9 Å². The Morgan fingerprint density at radius 3 is 2.55 bits per heavy atom. The van der Waals surface area contributed by atoms with Crippen molar-refractivity contribution in [3.63, 3.8) is 0 Å². The Kier molecular flexibility index (Phi) is 7.38. The van der Waals surface area contributed by atoms with E-state index in [-0.39, 0.29) is 23.5 Å². The highest BCUT2D eigenvalue weighted by Crippen LogP contribution is 2.37. The van der Waals surface area contributed by atoms with Gasteiger partial charge < -0.3 is 5.32 Å². The van der Waals surface area contributed by atoms with Crippen LogP contribution >= 0.6 is 0 Å². The molecule has 1 amide bonds. The van der Waals surface area contributed by atoms with Gasteiger partial charge >= 0.3 is 0 Å². The Balaban J connectivity index is 1.43. The number of pyridine rings is 2. The lowest BCUT2D eigenvalue weighted by atomic mass is 9.96. The van der Waals surface area contributed by atoms with Crippen molar-refractivity contribution in [2.45, 2.75) is 25.8 Å². The number of hydrogen-bond donors (Lipinski definition) is 1. The summed E-state index contributed by atoms with van der Waals surface area (Å²) < 4.78 is 40.4. The standard InChI is InChI=1S/C32H28FN5O3S/c1-21-16-25(19-35-31(21)33)36-32(39)24-11-7-8-22(17-24)18-27-29(28-12-5-6-14-34-28)37-38(26-13-15-42(40,41)20-26)30(27)23-9-3-2-4-10-23/h2-12,14,16-17,19,26H,13,15,18,20H2,1H3,(H,36,39). The first-order valence-electron chi connectivity index (χ1n) is 13.6. The monoisotopic (exact) mass is 581 g/mol. The van der Waals surface area contributed by atoms with E-state index in [4.69, 9.17) is 5.10 Å². The molecule has 1 saturated heterocycles. The first-order chi connectivity index (χ1) is 20.3. The number of nitrogens with zero attached hydrogens (tertiary/aromatic N) is 4. The third-order valence-electron chi connectivity index (χ3n) is 7.36. The summed E-state index contributed by atoms with van der Waals surface area (Å²) >= 11 is 0. The molecule has 0 aliphatic carbocycles. The number of carbonyl (C=O) groups excluding carboxylic acids is 1. The molecule has 6 rings (SSSR count). The Hall–Kier alpha value is -4.70. The molecule has 10 heteroatoms. The van der Waals surface area contributed by atoms with Crippen molar-refractivity contribution in [3.8, 4) is 22.6 Å². The number of aryl methyl sites for hydroxylation is 1. The molecule has 42 heavy (non-hydrogen) atoms. The van der Waals surface area contributed by atoms with Crippen molar-refractivity contribution in [2.75, 3.05) is 16.8 Å². The second-order valence-corrected chi connectivity index (χ2v) is 12.6. The third kappa shape index (κ3) is 5.71. The zero-order valence-electron chi connectivity index (χ0n) is 22.9. The largest absolute Gasteiger partial charge is 0.321 e. The average molecular weight is 582 g/mol. The van der Waals surface area contributed by atoms with Gasteiger partial charge in [-0.25, -0.2) is 13.4 Å². The van der Waals surface area contributed by atoms with Gasteiger partial charge in [-0.1, -0.05) is 48.5 Å². The highest BCUT2D eigenvalue weighted by Gasteiger charge is 2.33. The van der Waals surface area contributed by atoms with Crippen molar-refractivity contribution >= 4 is 21.4 Å². The first kappa shape index (κ1) is 27.5. The summed E-state index contributed by atoms with van der Waals surface area (Å²) in [7, 11) is -3.16. The van der Waals surface area contributed by atoms with Crippen molar-refractivity contribution in [1.29, 1.82) is 0 Å². The van der Waals surface area contributed by atoms with Gasteiger partial charge in [0.25, 0.3) is 5.91 Å². The number of anilines is 1. The highest BCUT2D eigenvalue weighted by atomic mass is 32.2. The number of benzene rings is 2. The third-order valence-corrected chi connectivity index (χ3v) is 9.11. The van der Waals surface area contributed by atoms with Crippen LogP contribution in [-0.4, -0.2) is 45.6 Å². The van der Waals surface area contributed by atoms with E-state index in [1.165, 1.54) is 12.3 Å². The molecule has 1 N–H and O–H groups in total. The molecule has 0 spiro atoms. The quantitative estimate of drug-likeness (QED) is 0.249. The predicted octanol–water partition coefficient (Wildman–Crippen LogP) is 5.66. The van der Waals surface area contributed by atoms with Gasteiger partial charge in [0.15, 0.2) is 9.84 Å². The molecule has 2 aromatic carbocycles. The minimum absolute atomic E-state index is 0.0307. The van der Waals surface area contributed by atoms with Gasteiger partial charge in [-0.15, -0.1) is 0 Å². The molecule has 0 radical (unpaired) electrons. The van der Waals surface area contributed by atoms with Crippen molar-refractivity contribution < 1.29 is 17.6 Å². The average Bonchev–Trinajstić information content (AvgIpc) is 3.55. The van der Waals surface area contributed by atoms with E-state index in [9.17, 15) is 17.6 Å². The second-order valence-electron chi connectivity index (χ2n) is 10.4. The Morgan fingerprint density at radius 2 is 1.83 bits per heavy atom. The summed E-state index contributed by atoms with van der Waals surface area (Å²) in [5.41, 5.74) is 6.03. The molecule has 0 saturated carbocycles. The van der Waals surface area contributed by atoms with Crippen LogP contribution in [0.15, 0.2) is 91.3 Å². The maximum Gasteiger partial charge on any atom is 0.255 e. The summed E-state index contributed by atoms with van der Waals surface area (Å²) in [6.07, 6.45) is 3.90. The van der Waals surface area contributed by atoms with Gasteiger partial charge in [-0.2, -0.15) is 9.49 Å². The molecular formula is C32H28FN5O3S. The van der Waals surface area contributed by atoms with Crippen LogP contribution in [0.5, 0.6) is 0 Å². The van der Waals surface area contributed by atoms with E-state index >= 15 is 0 Å². The van der Waals surface area contributed by atoms with Gasteiger partial charge in [0.05, 0.1) is 40.8 Å². The predicted molar refractivity (Wildman–Crippen MR) is 159 cm³/mol. The zero-order chi connectivity index (χ0) is 29.3. The Morgan fingerprint density at radius 1 is 1.02 bits per heavy atom. The van der Waals surface area contributed by atoms with Gasteiger partial charge in [-0.05, 0) is 49.2 Å². The van der Waals surface area contributed by atoms with Crippen LogP contribution in [0.1, 0.15) is 39.5 Å². The molecular weight excluding hydrogens is 553 g/mol. The number of amides is 1. The minimum atomic E-state index is -3.16. The van der Waals surface area contributed by atoms with Gasteiger partial charge in [0.2, 0.25) is 5.95 Å². The molecule has 1 unspecified atom stereocenters. The molecule has 1 aliphatic heterocycles. The van der Waals surface area contributed by atoms with E-state index in [2.05, 4.69) is 15.3 Å². The Bertz CT molecular complexity index is 1880. The lowest BCUT2D eigenvalue weighted by molar-refractivity contribution is 0.102. The van der Waals surface area contributed by atoms with Crippen LogP contribution in [-0.2, 0) is 16.3 Å². The summed E-state index contributed by atoms with van der Waals surface area (Å²) in [5, 5.41) is 7.79. The molecule has 212 valence electrons. The first-order valence-corrected chi connectivity index (χ1v) is 15.4. The van der Waals surface area contributed by atoms with Crippen molar-refractivity contribution in [1.82, 2.24) is 19.7 Å². The van der Waals surface area contributed by atoms with Crippen molar-refractivity contribution in [2.24, 2.45) is 0 Å². The molecule has 1 aliphatic rings. The van der Waals surface area contributed by atoms with E-state index in [0.717, 1.165) is 22.4 Å². The van der Waals surface area contributed by atoms with Crippen molar-refractivity contribution in [3.05, 3.63) is 119 Å². The fourth-order valence-electron chi connectivity index (χ4n) is 5.34. The van der Waals surface area contributed by atoms with Crippen LogP contribution in [0.3, 0.4) is 0 Å². The summed E-state index contributed by atoms with van der Waals surface area (Å²) in [6.45, 7) is 1.59. The van der Waals surface area contributed by atoms with Crippen LogP contribution in [0.25, 0.3) is 22.6 Å². The fourth-order valence-corrected chi connectivity index (χ4v) is 7.03. The summed E-state index contributed by atoms with van der Waals surface area (Å²) in [6, 6.07) is 23.9. The Labute approximate surface area is 243 Å². The topological polar surface area (TPSA) is 107 Å². The molecule has 1 fully saturated rings. The maximum absolute atomic E-state index is 13.6. The lowest BCUT2D eigenvalue weighted by Gasteiger charge is -2.15. The number of rotatable bonds is 7. The van der Waals surface area contributed by atoms with E-state index in [0.29, 0.717) is 41.0 Å². The van der Waals surface area contributed by atoms with Gasteiger partial charge in [-0.3, -0.25) is 14.5 Å². The van der Waals surface area contributed by atoms with Crippen LogP contribution in [0.4, 0.5) is 10.1 Å². The van der Waals surface area contributed by atoms with Crippen LogP contribution in [0.2, 0.25) is 0 Å². The smallest absolute Gasteiger partial charge is 0.255 e. The molecule has 5 aromatic rings. The van der Waals surface area contributed by atoms with Crippen LogP contribution < -0.4 is 5.32 Å².